The SMILES string of the molecule is CC(C)(C)OC(=O)NCCNCC(=O)NCCNC(=O)OC(C)(C)C. The minimum Gasteiger partial charge on any atom is -0.444 e. The Morgan fingerprint density at radius 3 is 1.52 bits per heavy atom. The Morgan fingerprint density at radius 1 is 0.680 bits per heavy atom. The van der Waals surface area contributed by atoms with Crippen LogP contribution in [0.3, 0.4) is 0 Å². The predicted octanol–water partition coefficient (Wildman–Crippen LogP) is 0.742. The second kappa shape index (κ2) is 10.8. The van der Waals surface area contributed by atoms with Crippen LogP contribution in [0.1, 0.15) is 41.5 Å². The van der Waals surface area contributed by atoms with Gasteiger partial charge in [0.15, 0.2) is 0 Å². The average Bonchev–Trinajstić information content (AvgIpc) is 2.39. The maximum atomic E-state index is 11.6. The van der Waals surface area contributed by atoms with Crippen molar-refractivity contribution in [3.05, 3.63) is 0 Å². The molecular weight excluding hydrogens is 328 g/mol. The molecule has 0 aliphatic heterocycles. The highest BCUT2D eigenvalue weighted by molar-refractivity contribution is 5.78. The van der Waals surface area contributed by atoms with E-state index in [0.29, 0.717) is 19.6 Å². The summed E-state index contributed by atoms with van der Waals surface area (Å²) >= 11 is 0. The van der Waals surface area contributed by atoms with E-state index >= 15 is 0 Å². The monoisotopic (exact) mass is 360 g/mol. The molecule has 0 aliphatic carbocycles. The minimum absolute atomic E-state index is 0.114. The van der Waals surface area contributed by atoms with Crippen molar-refractivity contribution < 1.29 is 23.9 Å². The standard InChI is InChI=1S/C16H32N4O5/c1-15(2,3)24-13(22)19-8-7-17-11-12(21)18-9-10-20-14(23)25-16(4,5)6/h17H,7-11H2,1-6H3,(H,18,21)(H,19,22)(H,20,23). The third-order valence-corrected chi connectivity index (χ3v) is 2.37. The molecule has 0 aromatic rings. The normalized spacial score (nSPS) is 11.4. The second-order valence-corrected chi connectivity index (χ2v) is 7.38. The highest BCUT2D eigenvalue weighted by Crippen LogP contribution is 2.06. The number of amides is 3. The van der Waals surface area contributed by atoms with Crippen LogP contribution in [0.5, 0.6) is 0 Å². The van der Waals surface area contributed by atoms with Crippen molar-refractivity contribution in [1.82, 2.24) is 21.3 Å². The first-order chi connectivity index (χ1) is 11.4. The maximum Gasteiger partial charge on any atom is 0.407 e. The Bertz CT molecular complexity index is 441. The number of nitrogens with one attached hydrogen (secondary N) is 4. The van der Waals surface area contributed by atoms with E-state index in [2.05, 4.69) is 21.3 Å². The van der Waals surface area contributed by atoms with E-state index in [1.807, 2.05) is 0 Å². The van der Waals surface area contributed by atoms with Crippen molar-refractivity contribution in [3.63, 3.8) is 0 Å². The van der Waals surface area contributed by atoms with Crippen LogP contribution in [0.4, 0.5) is 9.59 Å². The molecule has 0 saturated heterocycles. The molecule has 0 spiro atoms. The summed E-state index contributed by atoms with van der Waals surface area (Å²) in [5, 5.41) is 10.7. The molecule has 0 radical (unpaired) electrons. The van der Waals surface area contributed by atoms with E-state index in [4.69, 9.17) is 9.47 Å². The molecule has 0 unspecified atom stereocenters. The number of carbonyl (C=O) groups is 3. The van der Waals surface area contributed by atoms with Gasteiger partial charge >= 0.3 is 12.2 Å². The quantitative estimate of drug-likeness (QED) is 0.474. The van der Waals surface area contributed by atoms with Crippen molar-refractivity contribution in [1.29, 1.82) is 0 Å². The molecule has 0 aliphatic rings. The van der Waals surface area contributed by atoms with Gasteiger partial charge in [-0.2, -0.15) is 0 Å². The molecule has 3 amide bonds. The Hall–Kier alpha value is -2.03. The number of hydrogen-bond acceptors (Lipinski definition) is 6. The van der Waals surface area contributed by atoms with E-state index in [9.17, 15) is 14.4 Å². The third-order valence-electron chi connectivity index (χ3n) is 2.37. The summed E-state index contributed by atoms with van der Waals surface area (Å²) in [6.45, 7) is 12.2. The number of carbonyl (C=O) groups excluding carboxylic acids is 3. The van der Waals surface area contributed by atoms with Crippen LogP contribution in [-0.4, -0.2) is 62.0 Å². The number of ether oxygens (including phenoxy) is 2. The number of rotatable bonds is 8. The Kier molecular flexibility index (Phi) is 9.88. The predicted molar refractivity (Wildman–Crippen MR) is 94.4 cm³/mol. The number of alkyl carbamates (subject to hydrolysis) is 2. The lowest BCUT2D eigenvalue weighted by Crippen LogP contribution is -2.42. The molecule has 25 heavy (non-hydrogen) atoms. The third kappa shape index (κ3) is 16.6. The van der Waals surface area contributed by atoms with Crippen LogP contribution in [0.2, 0.25) is 0 Å². The average molecular weight is 360 g/mol. The molecule has 0 fully saturated rings. The van der Waals surface area contributed by atoms with Crippen LogP contribution >= 0.6 is 0 Å². The number of hydrogen-bond donors (Lipinski definition) is 4. The van der Waals surface area contributed by atoms with Crippen LogP contribution in [-0.2, 0) is 14.3 Å². The van der Waals surface area contributed by atoms with Crippen LogP contribution in [0, 0.1) is 0 Å². The zero-order chi connectivity index (χ0) is 19.5. The van der Waals surface area contributed by atoms with Crippen molar-refractivity contribution >= 4 is 18.1 Å². The van der Waals surface area contributed by atoms with Gasteiger partial charge in [-0.25, -0.2) is 9.59 Å². The second-order valence-electron chi connectivity index (χ2n) is 7.38. The molecule has 0 heterocycles. The Balaban J connectivity index is 3.60. The van der Waals surface area contributed by atoms with Gasteiger partial charge in [-0.3, -0.25) is 4.79 Å². The molecule has 9 heteroatoms. The maximum absolute atomic E-state index is 11.6. The Morgan fingerprint density at radius 2 is 1.08 bits per heavy atom. The topological polar surface area (TPSA) is 118 Å². The molecule has 0 aromatic carbocycles. The van der Waals surface area contributed by atoms with E-state index in [1.54, 1.807) is 41.5 Å². The van der Waals surface area contributed by atoms with Gasteiger partial charge in [0, 0.05) is 26.2 Å². The van der Waals surface area contributed by atoms with Gasteiger partial charge in [0.1, 0.15) is 11.2 Å². The van der Waals surface area contributed by atoms with Crippen molar-refractivity contribution in [3.8, 4) is 0 Å². The molecule has 0 atom stereocenters. The van der Waals surface area contributed by atoms with Gasteiger partial charge in [0.05, 0.1) is 6.54 Å². The molecule has 0 rings (SSSR count). The zero-order valence-corrected chi connectivity index (χ0v) is 16.1. The van der Waals surface area contributed by atoms with E-state index in [1.165, 1.54) is 0 Å². The minimum atomic E-state index is -0.551. The fourth-order valence-electron chi connectivity index (χ4n) is 1.51. The fraction of sp³-hybridized carbons (Fsp3) is 0.812. The van der Waals surface area contributed by atoms with Crippen molar-refractivity contribution in [2.24, 2.45) is 0 Å². The van der Waals surface area contributed by atoms with E-state index in [-0.39, 0.29) is 19.0 Å². The highest BCUT2D eigenvalue weighted by Gasteiger charge is 2.16. The summed E-state index contributed by atoms with van der Waals surface area (Å²) in [7, 11) is 0. The summed E-state index contributed by atoms with van der Waals surface area (Å²) in [5.74, 6) is -0.205. The first-order valence-electron chi connectivity index (χ1n) is 8.30. The molecule has 146 valence electrons. The van der Waals surface area contributed by atoms with Gasteiger partial charge in [0.2, 0.25) is 5.91 Å². The lowest BCUT2D eigenvalue weighted by molar-refractivity contribution is -0.120. The first-order valence-corrected chi connectivity index (χ1v) is 8.30. The van der Waals surface area contributed by atoms with Gasteiger partial charge in [-0.05, 0) is 41.5 Å². The molecular formula is C16H32N4O5. The summed E-state index contributed by atoms with van der Waals surface area (Å²) in [5.41, 5.74) is -1.09. The summed E-state index contributed by atoms with van der Waals surface area (Å²) in [6, 6.07) is 0. The Labute approximate surface area is 149 Å². The fourth-order valence-corrected chi connectivity index (χ4v) is 1.51. The van der Waals surface area contributed by atoms with Gasteiger partial charge in [-0.15, -0.1) is 0 Å². The molecule has 0 saturated carbocycles. The van der Waals surface area contributed by atoms with Gasteiger partial charge < -0.3 is 30.7 Å². The van der Waals surface area contributed by atoms with Gasteiger partial charge in [0.25, 0.3) is 0 Å². The molecule has 0 aromatic heterocycles. The van der Waals surface area contributed by atoms with Crippen LogP contribution < -0.4 is 21.3 Å². The molecule has 4 N–H and O–H groups in total. The largest absolute Gasteiger partial charge is 0.444 e. The molecule has 0 bridgehead atoms. The van der Waals surface area contributed by atoms with Crippen molar-refractivity contribution in [2.75, 3.05) is 32.7 Å². The summed E-state index contributed by atoms with van der Waals surface area (Å²) in [4.78, 5) is 34.3. The van der Waals surface area contributed by atoms with E-state index in [0.717, 1.165) is 0 Å². The first kappa shape index (κ1) is 23.0. The summed E-state index contributed by atoms with van der Waals surface area (Å²) in [6.07, 6.45) is -1.01. The smallest absolute Gasteiger partial charge is 0.407 e. The molecule has 9 nitrogen and oxygen atoms in total. The van der Waals surface area contributed by atoms with Gasteiger partial charge in [-0.1, -0.05) is 0 Å². The zero-order valence-electron chi connectivity index (χ0n) is 16.1. The van der Waals surface area contributed by atoms with Crippen LogP contribution in [0.15, 0.2) is 0 Å². The summed E-state index contributed by atoms with van der Waals surface area (Å²) < 4.78 is 10.1. The van der Waals surface area contributed by atoms with E-state index < -0.39 is 23.4 Å². The van der Waals surface area contributed by atoms with Crippen LogP contribution in [0.25, 0.3) is 0 Å². The lowest BCUT2D eigenvalue weighted by Gasteiger charge is -2.19. The lowest BCUT2D eigenvalue weighted by atomic mass is 10.2. The van der Waals surface area contributed by atoms with Crippen molar-refractivity contribution in [2.45, 2.75) is 52.7 Å². The highest BCUT2D eigenvalue weighted by atomic mass is 16.6.